The number of hydrogen-bond acceptors (Lipinski definition) is 4. The Balaban J connectivity index is 0.00000480. The summed E-state index contributed by atoms with van der Waals surface area (Å²) in [7, 11) is -2.95. The van der Waals surface area contributed by atoms with Crippen LogP contribution < -0.4 is 15.4 Å². The molecule has 0 aliphatic carbocycles. The number of hydrogen-bond donors (Lipinski definition) is 2. The molecule has 6 nitrogen and oxygen atoms in total. The lowest BCUT2D eigenvalue weighted by molar-refractivity contribution is 0.306. The highest BCUT2D eigenvalue weighted by molar-refractivity contribution is 14.0. The van der Waals surface area contributed by atoms with Crippen LogP contribution in [0, 0.1) is 0 Å². The summed E-state index contributed by atoms with van der Waals surface area (Å²) >= 11 is 0. The van der Waals surface area contributed by atoms with Gasteiger partial charge in [0, 0.05) is 25.4 Å². The fourth-order valence-electron chi connectivity index (χ4n) is 2.81. The summed E-state index contributed by atoms with van der Waals surface area (Å²) < 4.78 is 28.5. The predicted octanol–water partition coefficient (Wildman–Crippen LogP) is 3.80. The molecule has 1 unspecified atom stereocenters. The van der Waals surface area contributed by atoms with E-state index in [1.54, 1.807) is 0 Å². The number of rotatable bonds is 11. The van der Waals surface area contributed by atoms with E-state index in [4.69, 9.17) is 4.74 Å². The van der Waals surface area contributed by atoms with Crippen molar-refractivity contribution in [3.05, 3.63) is 65.7 Å². The van der Waals surface area contributed by atoms with Crippen molar-refractivity contribution in [1.82, 2.24) is 10.6 Å². The van der Waals surface area contributed by atoms with Gasteiger partial charge in [0.25, 0.3) is 0 Å². The van der Waals surface area contributed by atoms with Crippen molar-refractivity contribution in [1.29, 1.82) is 0 Å². The highest BCUT2D eigenvalue weighted by Gasteiger charge is 2.09. The third-order valence-electron chi connectivity index (χ3n) is 4.49. The molecule has 0 aliphatic heterocycles. The minimum absolute atomic E-state index is 0. The van der Waals surface area contributed by atoms with E-state index in [2.05, 4.69) is 27.8 Å². The number of halogens is 1. The van der Waals surface area contributed by atoms with Crippen LogP contribution in [0.4, 0.5) is 0 Å². The number of aliphatic imine (C=N–C) groups is 1. The molecule has 0 spiro atoms. The van der Waals surface area contributed by atoms with Gasteiger partial charge in [-0.2, -0.15) is 0 Å². The van der Waals surface area contributed by atoms with Crippen LogP contribution in [-0.4, -0.2) is 45.5 Å². The van der Waals surface area contributed by atoms with Crippen LogP contribution >= 0.6 is 24.0 Å². The smallest absolute Gasteiger partial charge is 0.191 e. The van der Waals surface area contributed by atoms with E-state index < -0.39 is 9.84 Å². The van der Waals surface area contributed by atoms with Gasteiger partial charge in [-0.05, 0) is 49.9 Å². The first kappa shape index (κ1) is 27.2. The molecule has 172 valence electrons. The van der Waals surface area contributed by atoms with Crippen LogP contribution in [0.2, 0.25) is 0 Å². The Morgan fingerprint density at radius 1 is 1.06 bits per heavy atom. The quantitative estimate of drug-likeness (QED) is 0.249. The van der Waals surface area contributed by atoms with Crippen LogP contribution in [-0.2, 0) is 22.9 Å². The van der Waals surface area contributed by atoms with Gasteiger partial charge in [-0.15, -0.1) is 24.0 Å². The maximum Gasteiger partial charge on any atom is 0.191 e. The summed E-state index contributed by atoms with van der Waals surface area (Å²) in [6, 6.07) is 18.2. The van der Waals surface area contributed by atoms with Crippen molar-refractivity contribution in [2.24, 2.45) is 4.99 Å². The van der Waals surface area contributed by atoms with Crippen molar-refractivity contribution in [2.45, 2.75) is 39.3 Å². The zero-order chi connectivity index (χ0) is 21.8. The van der Waals surface area contributed by atoms with Crippen molar-refractivity contribution in [3.8, 4) is 5.75 Å². The average molecular weight is 560 g/mol. The molecule has 31 heavy (non-hydrogen) atoms. The van der Waals surface area contributed by atoms with E-state index >= 15 is 0 Å². The maximum absolute atomic E-state index is 11.3. The van der Waals surface area contributed by atoms with E-state index in [0.717, 1.165) is 24.3 Å². The van der Waals surface area contributed by atoms with Crippen molar-refractivity contribution in [2.75, 3.05) is 25.1 Å². The monoisotopic (exact) mass is 559 g/mol. The van der Waals surface area contributed by atoms with Gasteiger partial charge in [-0.25, -0.2) is 8.42 Å². The standard InChI is InChI=1S/C23H33N3O3S.HI/c1-4-24-23(26-19(2)15-17-30(3,27)28)25-16-14-20-10-12-22(13-11-20)29-18-21-8-6-5-7-9-21;/h5-13,19H,4,14-18H2,1-3H3,(H2,24,25,26);1H. The Hall–Kier alpha value is -1.81. The molecular formula is C23H34IN3O3S. The van der Waals surface area contributed by atoms with Crippen molar-refractivity contribution < 1.29 is 13.2 Å². The molecule has 2 rings (SSSR count). The van der Waals surface area contributed by atoms with Gasteiger partial charge in [0.2, 0.25) is 0 Å². The van der Waals surface area contributed by atoms with Gasteiger partial charge < -0.3 is 15.4 Å². The molecule has 0 bridgehead atoms. The number of guanidine groups is 1. The normalized spacial score (nSPS) is 12.5. The Morgan fingerprint density at radius 2 is 1.74 bits per heavy atom. The minimum Gasteiger partial charge on any atom is -0.489 e. The molecule has 2 N–H and O–H groups in total. The molecule has 0 aromatic heterocycles. The van der Waals surface area contributed by atoms with Crippen LogP contribution in [0.25, 0.3) is 0 Å². The summed E-state index contributed by atoms with van der Waals surface area (Å²) in [5.74, 6) is 1.72. The van der Waals surface area contributed by atoms with Crippen molar-refractivity contribution >= 4 is 39.8 Å². The SMILES string of the molecule is CCNC(=NCCc1ccc(OCc2ccccc2)cc1)NC(C)CCS(C)(=O)=O.I. The lowest BCUT2D eigenvalue weighted by Gasteiger charge is -2.17. The zero-order valence-electron chi connectivity index (χ0n) is 18.5. The highest BCUT2D eigenvalue weighted by atomic mass is 127. The van der Waals surface area contributed by atoms with Crippen LogP contribution in [0.5, 0.6) is 5.75 Å². The third kappa shape index (κ3) is 12.0. The second-order valence-electron chi connectivity index (χ2n) is 7.39. The summed E-state index contributed by atoms with van der Waals surface area (Å²) in [5.41, 5.74) is 2.33. The number of benzene rings is 2. The second kappa shape index (κ2) is 14.3. The van der Waals surface area contributed by atoms with E-state index in [9.17, 15) is 8.42 Å². The highest BCUT2D eigenvalue weighted by Crippen LogP contribution is 2.14. The fraction of sp³-hybridized carbons (Fsp3) is 0.435. The topological polar surface area (TPSA) is 79.8 Å². The Bertz CT molecular complexity index is 888. The van der Waals surface area contributed by atoms with Gasteiger partial charge >= 0.3 is 0 Å². The summed E-state index contributed by atoms with van der Waals surface area (Å²) in [6.07, 6.45) is 2.62. The first-order chi connectivity index (χ1) is 14.4. The fourth-order valence-corrected chi connectivity index (χ4v) is 3.59. The molecule has 0 saturated carbocycles. The summed E-state index contributed by atoms with van der Waals surface area (Å²) in [4.78, 5) is 4.61. The number of nitrogens with one attached hydrogen (secondary N) is 2. The first-order valence-corrected chi connectivity index (χ1v) is 12.4. The first-order valence-electron chi connectivity index (χ1n) is 10.3. The van der Waals surface area contributed by atoms with Gasteiger partial charge in [0.1, 0.15) is 22.2 Å². The molecule has 2 aromatic carbocycles. The maximum atomic E-state index is 11.3. The molecular weight excluding hydrogens is 525 g/mol. The van der Waals surface area contributed by atoms with Crippen molar-refractivity contribution in [3.63, 3.8) is 0 Å². The molecule has 1 atom stereocenters. The van der Waals surface area contributed by atoms with Gasteiger partial charge in [-0.1, -0.05) is 42.5 Å². The minimum atomic E-state index is -2.95. The molecule has 0 radical (unpaired) electrons. The third-order valence-corrected chi connectivity index (χ3v) is 5.47. The van der Waals surface area contributed by atoms with Gasteiger partial charge in [-0.3, -0.25) is 4.99 Å². The predicted molar refractivity (Wildman–Crippen MR) is 139 cm³/mol. The summed E-state index contributed by atoms with van der Waals surface area (Å²) in [5, 5.41) is 6.48. The largest absolute Gasteiger partial charge is 0.489 e. The molecule has 0 aliphatic rings. The van der Waals surface area contributed by atoms with E-state index in [1.807, 2.05) is 56.3 Å². The Morgan fingerprint density at radius 3 is 2.35 bits per heavy atom. The lowest BCUT2D eigenvalue weighted by Crippen LogP contribution is -2.43. The van der Waals surface area contributed by atoms with Crippen LogP contribution in [0.15, 0.2) is 59.6 Å². The van der Waals surface area contributed by atoms with E-state index in [1.165, 1.54) is 11.8 Å². The summed E-state index contributed by atoms with van der Waals surface area (Å²) in [6.45, 7) is 5.91. The molecule has 0 fully saturated rings. The van der Waals surface area contributed by atoms with Gasteiger partial charge in [0.05, 0.1) is 5.75 Å². The van der Waals surface area contributed by atoms with Crippen LogP contribution in [0.1, 0.15) is 31.4 Å². The Kier molecular flexibility index (Phi) is 12.5. The molecule has 0 heterocycles. The second-order valence-corrected chi connectivity index (χ2v) is 9.65. The van der Waals surface area contributed by atoms with Crippen LogP contribution in [0.3, 0.4) is 0 Å². The Labute approximate surface area is 203 Å². The average Bonchev–Trinajstić information content (AvgIpc) is 2.72. The number of nitrogens with zero attached hydrogens (tertiary/aromatic N) is 1. The number of ether oxygens (including phenoxy) is 1. The lowest BCUT2D eigenvalue weighted by atomic mass is 10.1. The molecule has 0 saturated heterocycles. The molecule has 2 aromatic rings. The molecule has 8 heteroatoms. The molecule has 0 amide bonds. The van der Waals surface area contributed by atoms with E-state index in [-0.39, 0.29) is 35.8 Å². The van der Waals surface area contributed by atoms with Gasteiger partial charge in [0.15, 0.2) is 5.96 Å². The zero-order valence-corrected chi connectivity index (χ0v) is 21.7. The van der Waals surface area contributed by atoms with E-state index in [0.29, 0.717) is 25.5 Å². The number of sulfone groups is 1.